The Morgan fingerprint density at radius 3 is 2.40 bits per heavy atom. The number of alkyl halides is 3. The van der Waals surface area contributed by atoms with Crippen molar-refractivity contribution in [2.75, 3.05) is 0 Å². The number of hydrogen-bond donors (Lipinski definition) is 0. The van der Waals surface area contributed by atoms with Crippen LogP contribution in [0.5, 0.6) is 0 Å². The van der Waals surface area contributed by atoms with Crippen LogP contribution in [0.4, 0.5) is 13.2 Å². The number of thiophene rings is 1. The van der Waals surface area contributed by atoms with Gasteiger partial charge in [0.25, 0.3) is 0 Å². The van der Waals surface area contributed by atoms with Gasteiger partial charge in [0.1, 0.15) is 0 Å². The quantitative estimate of drug-likeness (QED) is 0.828. The second-order valence-electron chi connectivity index (χ2n) is 4.03. The van der Waals surface area contributed by atoms with E-state index in [1.807, 2.05) is 12.1 Å². The summed E-state index contributed by atoms with van der Waals surface area (Å²) in [4.78, 5) is 0. The Hall–Kier alpha value is -2.31. The molecule has 20 heavy (non-hydrogen) atoms. The zero-order valence-electron chi connectivity index (χ0n) is 9.98. The lowest BCUT2D eigenvalue weighted by Gasteiger charge is -2.13. The number of hydrogen-bond acceptors (Lipinski definition) is 3. The molecule has 2 aromatic rings. The maximum absolute atomic E-state index is 12.7. The molecule has 0 aliphatic heterocycles. The van der Waals surface area contributed by atoms with Gasteiger partial charge in [-0.15, -0.1) is 0 Å². The highest BCUT2D eigenvalue weighted by molar-refractivity contribution is 7.08. The summed E-state index contributed by atoms with van der Waals surface area (Å²) in [5, 5.41) is 21.7. The maximum Gasteiger partial charge on any atom is 0.416 e. The van der Waals surface area contributed by atoms with Gasteiger partial charge in [-0.05, 0) is 46.2 Å². The Labute approximate surface area is 117 Å². The second-order valence-corrected chi connectivity index (χ2v) is 4.81. The molecule has 1 aromatic heterocycles. The van der Waals surface area contributed by atoms with Gasteiger partial charge in [-0.25, -0.2) is 0 Å². The van der Waals surface area contributed by atoms with E-state index in [2.05, 4.69) is 0 Å². The lowest BCUT2D eigenvalue weighted by Crippen LogP contribution is -2.08. The summed E-state index contributed by atoms with van der Waals surface area (Å²) in [5.74, 6) is -0.877. The van der Waals surface area contributed by atoms with E-state index in [1.54, 1.807) is 16.8 Å². The molecule has 0 spiro atoms. The number of rotatable bonds is 2. The van der Waals surface area contributed by atoms with Gasteiger partial charge in [-0.1, -0.05) is 0 Å². The average molecular weight is 292 g/mol. The van der Waals surface area contributed by atoms with Gasteiger partial charge in [-0.2, -0.15) is 35.0 Å². The minimum Gasteiger partial charge on any atom is -0.197 e. The molecule has 0 amide bonds. The lowest BCUT2D eigenvalue weighted by molar-refractivity contribution is -0.137. The van der Waals surface area contributed by atoms with Crippen LogP contribution < -0.4 is 0 Å². The smallest absolute Gasteiger partial charge is 0.197 e. The number of nitriles is 2. The second kappa shape index (κ2) is 5.36. The third-order valence-electron chi connectivity index (χ3n) is 2.82. The molecule has 0 aliphatic rings. The summed E-state index contributed by atoms with van der Waals surface area (Å²) in [5.41, 5.74) is -0.103. The number of nitrogens with zero attached hydrogens (tertiary/aromatic N) is 2. The van der Waals surface area contributed by atoms with Gasteiger partial charge in [0.15, 0.2) is 0 Å². The fourth-order valence-corrected chi connectivity index (χ4v) is 2.53. The van der Waals surface area contributed by atoms with E-state index in [-0.39, 0.29) is 11.1 Å². The van der Waals surface area contributed by atoms with Crippen molar-refractivity contribution in [3.63, 3.8) is 0 Å². The zero-order valence-corrected chi connectivity index (χ0v) is 10.8. The summed E-state index contributed by atoms with van der Waals surface area (Å²) >= 11 is 1.34. The first-order chi connectivity index (χ1) is 9.47. The normalized spacial score (nSPS) is 12.4. The van der Waals surface area contributed by atoms with Crippen LogP contribution >= 0.6 is 11.3 Å². The van der Waals surface area contributed by atoms with Crippen LogP contribution in [0.15, 0.2) is 35.0 Å². The first-order valence-electron chi connectivity index (χ1n) is 5.50. The van der Waals surface area contributed by atoms with E-state index in [0.717, 1.165) is 18.2 Å². The highest BCUT2D eigenvalue weighted by Crippen LogP contribution is 2.34. The minimum atomic E-state index is -4.50. The van der Waals surface area contributed by atoms with E-state index < -0.39 is 17.7 Å². The van der Waals surface area contributed by atoms with Gasteiger partial charge >= 0.3 is 6.18 Å². The lowest BCUT2D eigenvalue weighted by atomic mass is 9.89. The maximum atomic E-state index is 12.7. The molecule has 6 heteroatoms. The summed E-state index contributed by atoms with van der Waals surface area (Å²) in [6.45, 7) is 0. The first kappa shape index (κ1) is 14.1. The van der Waals surface area contributed by atoms with Crippen LogP contribution in [0, 0.1) is 22.7 Å². The van der Waals surface area contributed by atoms with Crippen LogP contribution in [0.25, 0.3) is 0 Å². The van der Waals surface area contributed by atoms with Gasteiger partial charge in [0, 0.05) is 0 Å². The molecular formula is C14H7F3N2S. The average Bonchev–Trinajstić information content (AvgIpc) is 2.92. The molecule has 0 N–H and O–H groups in total. The topological polar surface area (TPSA) is 47.6 Å². The van der Waals surface area contributed by atoms with Crippen molar-refractivity contribution >= 4 is 11.3 Å². The minimum absolute atomic E-state index is 0.0794. The predicted octanol–water partition coefficient (Wildman–Crippen LogP) is 4.29. The summed E-state index contributed by atoms with van der Waals surface area (Å²) in [6.07, 6.45) is -4.50. The Bertz CT molecular complexity index is 691. The van der Waals surface area contributed by atoms with Gasteiger partial charge in [0.05, 0.1) is 29.2 Å². The summed E-state index contributed by atoms with van der Waals surface area (Å²) < 4.78 is 38.2. The SMILES string of the molecule is N#Cc1ccc(C(F)(F)F)cc1C(C#N)c1ccsc1. The Balaban J connectivity index is 2.60. The van der Waals surface area contributed by atoms with Crippen molar-refractivity contribution in [2.45, 2.75) is 12.1 Å². The van der Waals surface area contributed by atoms with Gasteiger partial charge < -0.3 is 0 Å². The monoisotopic (exact) mass is 292 g/mol. The van der Waals surface area contributed by atoms with E-state index in [9.17, 15) is 18.4 Å². The van der Waals surface area contributed by atoms with Crippen LogP contribution in [0.1, 0.15) is 28.2 Å². The zero-order chi connectivity index (χ0) is 14.8. The molecule has 1 unspecified atom stereocenters. The van der Waals surface area contributed by atoms with Crippen molar-refractivity contribution in [2.24, 2.45) is 0 Å². The van der Waals surface area contributed by atoms with Crippen molar-refractivity contribution in [1.82, 2.24) is 0 Å². The predicted molar refractivity (Wildman–Crippen MR) is 67.9 cm³/mol. The molecule has 0 fully saturated rings. The van der Waals surface area contributed by atoms with Crippen LogP contribution in [-0.2, 0) is 6.18 Å². The van der Waals surface area contributed by atoms with E-state index in [4.69, 9.17) is 5.26 Å². The molecule has 1 heterocycles. The molecule has 0 radical (unpaired) electrons. The summed E-state index contributed by atoms with van der Waals surface area (Å²) in [6, 6.07) is 8.30. The van der Waals surface area contributed by atoms with Crippen molar-refractivity contribution in [3.8, 4) is 12.1 Å². The molecule has 2 rings (SSSR count). The molecule has 2 nitrogen and oxygen atoms in total. The Morgan fingerprint density at radius 1 is 1.15 bits per heavy atom. The standard InChI is InChI=1S/C14H7F3N2S/c15-14(16,17)11-2-1-9(6-18)12(5-11)13(7-19)10-3-4-20-8-10/h1-5,8,13H. The molecule has 1 atom stereocenters. The third kappa shape index (κ3) is 2.66. The highest BCUT2D eigenvalue weighted by atomic mass is 32.1. The summed E-state index contributed by atoms with van der Waals surface area (Å²) in [7, 11) is 0. The third-order valence-corrected chi connectivity index (χ3v) is 3.52. The van der Waals surface area contributed by atoms with E-state index >= 15 is 0 Å². The van der Waals surface area contributed by atoms with Crippen molar-refractivity contribution in [1.29, 1.82) is 10.5 Å². The van der Waals surface area contributed by atoms with Gasteiger partial charge in [0.2, 0.25) is 0 Å². The van der Waals surface area contributed by atoms with Crippen molar-refractivity contribution < 1.29 is 13.2 Å². The molecule has 1 aromatic carbocycles. The van der Waals surface area contributed by atoms with Crippen LogP contribution in [0.2, 0.25) is 0 Å². The number of halogens is 3. The fraction of sp³-hybridized carbons (Fsp3) is 0.143. The number of benzene rings is 1. The first-order valence-corrected chi connectivity index (χ1v) is 6.44. The van der Waals surface area contributed by atoms with Crippen LogP contribution in [-0.4, -0.2) is 0 Å². The molecule has 100 valence electrons. The van der Waals surface area contributed by atoms with E-state index in [1.165, 1.54) is 11.3 Å². The highest BCUT2D eigenvalue weighted by Gasteiger charge is 2.32. The van der Waals surface area contributed by atoms with E-state index in [0.29, 0.717) is 5.56 Å². The van der Waals surface area contributed by atoms with Gasteiger partial charge in [-0.3, -0.25) is 0 Å². The molecule has 0 saturated carbocycles. The Morgan fingerprint density at radius 2 is 1.90 bits per heavy atom. The molecule has 0 saturated heterocycles. The molecule has 0 aliphatic carbocycles. The fourth-order valence-electron chi connectivity index (χ4n) is 1.84. The van der Waals surface area contributed by atoms with Crippen molar-refractivity contribution in [3.05, 3.63) is 57.3 Å². The molecular weight excluding hydrogens is 285 g/mol. The molecule has 0 bridgehead atoms. The van der Waals surface area contributed by atoms with Crippen LogP contribution in [0.3, 0.4) is 0 Å². The Kier molecular flexibility index (Phi) is 3.78. The largest absolute Gasteiger partial charge is 0.416 e.